The van der Waals surface area contributed by atoms with Gasteiger partial charge in [-0.1, -0.05) is 0 Å². The second-order valence-corrected chi connectivity index (χ2v) is 9.03. The maximum atomic E-state index is 11.8. The smallest absolute Gasteiger partial charge is 0.312 e. The van der Waals surface area contributed by atoms with Crippen molar-refractivity contribution in [2.45, 2.75) is 59.7 Å². The molecule has 0 atom stereocenters. The Hall–Kier alpha value is -2.49. The van der Waals surface area contributed by atoms with E-state index >= 15 is 0 Å². The number of rotatable bonds is 10. The number of ether oxygens (including phenoxy) is 2. The van der Waals surface area contributed by atoms with Gasteiger partial charge >= 0.3 is 5.97 Å². The van der Waals surface area contributed by atoms with Crippen molar-refractivity contribution >= 4 is 11.7 Å². The summed E-state index contributed by atoms with van der Waals surface area (Å²) in [5.74, 6) is 6.12. The van der Waals surface area contributed by atoms with Gasteiger partial charge in [0.05, 0.1) is 22.4 Å². The molecule has 0 fully saturated rings. The van der Waals surface area contributed by atoms with Gasteiger partial charge in [0.25, 0.3) is 0 Å². The first-order valence-corrected chi connectivity index (χ1v) is 9.67. The van der Waals surface area contributed by atoms with Gasteiger partial charge in [-0.05, 0) is 72.7 Å². The van der Waals surface area contributed by atoms with E-state index in [0.717, 1.165) is 0 Å². The molecule has 0 aromatic heterocycles. The number of hydrogen-bond donors (Lipinski definition) is 4. The zero-order chi connectivity index (χ0) is 23.2. The highest BCUT2D eigenvalue weighted by molar-refractivity contribution is 5.75. The van der Waals surface area contributed by atoms with Crippen LogP contribution in [0.1, 0.15) is 48.5 Å². The van der Waals surface area contributed by atoms with Gasteiger partial charge in [0.15, 0.2) is 6.73 Å². The Balaban J connectivity index is 2.56. The van der Waals surface area contributed by atoms with E-state index in [-0.39, 0.29) is 19.3 Å². The van der Waals surface area contributed by atoms with E-state index in [1.54, 1.807) is 72.7 Å². The van der Waals surface area contributed by atoms with Gasteiger partial charge in [-0.15, -0.1) is 0 Å². The lowest BCUT2D eigenvalue weighted by atomic mass is 9.90. The molecule has 0 saturated heterocycles. The lowest BCUT2D eigenvalue weighted by Crippen LogP contribution is -2.48. The van der Waals surface area contributed by atoms with Crippen LogP contribution in [0.4, 0.5) is 5.69 Å². The Morgan fingerprint density at radius 3 is 2.17 bits per heavy atom. The summed E-state index contributed by atoms with van der Waals surface area (Å²) in [6, 6.07) is 7.04. The first-order chi connectivity index (χ1) is 13.7. The van der Waals surface area contributed by atoms with Gasteiger partial charge in [-0.25, -0.2) is 5.84 Å². The Kier molecular flexibility index (Phi) is 8.53. The summed E-state index contributed by atoms with van der Waals surface area (Å²) in [5.41, 5.74) is 7.15. The highest BCUT2D eigenvalue weighted by Crippen LogP contribution is 2.26. The van der Waals surface area contributed by atoms with Gasteiger partial charge in [0, 0.05) is 6.20 Å². The minimum Gasteiger partial charge on any atom is -0.487 e. The second-order valence-electron chi connectivity index (χ2n) is 9.03. The Morgan fingerprint density at radius 2 is 1.70 bits per heavy atom. The zero-order valence-corrected chi connectivity index (χ0v) is 19.0. The fourth-order valence-electron chi connectivity index (χ4n) is 1.74. The van der Waals surface area contributed by atoms with Crippen molar-refractivity contribution in [1.82, 2.24) is 5.01 Å². The van der Waals surface area contributed by atoms with Crippen molar-refractivity contribution in [2.75, 3.05) is 18.8 Å². The molecule has 0 amide bonds. The molecule has 9 nitrogen and oxygen atoms in total. The largest absolute Gasteiger partial charge is 0.487 e. The Morgan fingerprint density at radius 1 is 1.13 bits per heavy atom. The van der Waals surface area contributed by atoms with E-state index in [4.69, 9.17) is 25.9 Å². The molecule has 0 aliphatic heterocycles. The van der Waals surface area contributed by atoms with Crippen LogP contribution in [0, 0.1) is 5.41 Å². The lowest BCUT2D eigenvalue weighted by molar-refractivity contribution is -0.157. The zero-order valence-electron chi connectivity index (χ0n) is 19.0. The van der Waals surface area contributed by atoms with Crippen LogP contribution >= 0.6 is 0 Å². The molecule has 1 aromatic rings. The number of hydrogen-bond acceptors (Lipinski definition) is 9. The van der Waals surface area contributed by atoms with E-state index in [1.807, 2.05) is 0 Å². The Labute approximate surface area is 178 Å². The SMILES string of the molecule is CC(C)(C)C(=O)OCN(N)/C(=C\N)COc1ccc(NOC(C)(C)C(C)(C)O)cc1. The van der Waals surface area contributed by atoms with E-state index in [0.29, 0.717) is 17.1 Å². The highest BCUT2D eigenvalue weighted by Gasteiger charge is 2.37. The summed E-state index contributed by atoms with van der Waals surface area (Å²) in [6.45, 7) is 12.2. The number of carbonyl (C=O) groups is 1. The summed E-state index contributed by atoms with van der Waals surface area (Å²) in [5, 5.41) is 11.3. The summed E-state index contributed by atoms with van der Waals surface area (Å²) < 4.78 is 10.9. The van der Waals surface area contributed by atoms with Crippen molar-refractivity contribution in [2.24, 2.45) is 17.0 Å². The van der Waals surface area contributed by atoms with Crippen molar-refractivity contribution < 1.29 is 24.2 Å². The van der Waals surface area contributed by atoms with Gasteiger partial charge in [0.1, 0.15) is 18.0 Å². The van der Waals surface area contributed by atoms with Crippen LogP contribution < -0.4 is 21.8 Å². The molecule has 1 rings (SSSR count). The summed E-state index contributed by atoms with van der Waals surface area (Å²) in [6.07, 6.45) is 1.30. The standard InChI is InChI=1S/C21H36N4O5/c1-19(2,3)18(26)29-14-25(23)16(12-22)13-28-17-10-8-15(9-11-17)24-30-21(6,7)20(4,5)27/h8-12,24,27H,13-14,22-23H2,1-7H3/b16-12-. The third-order valence-corrected chi connectivity index (χ3v) is 4.65. The lowest BCUT2D eigenvalue weighted by Gasteiger charge is -2.36. The van der Waals surface area contributed by atoms with Crippen LogP contribution in [-0.4, -0.2) is 40.6 Å². The second kappa shape index (κ2) is 10.0. The van der Waals surface area contributed by atoms with Gasteiger partial charge < -0.3 is 20.3 Å². The number of hydrazine groups is 1. The number of esters is 1. The monoisotopic (exact) mass is 424 g/mol. The number of benzene rings is 1. The number of nitrogens with two attached hydrogens (primary N) is 2. The van der Waals surface area contributed by atoms with Crippen molar-refractivity contribution in [3.8, 4) is 5.75 Å². The number of aliphatic hydroxyl groups is 1. The van der Waals surface area contributed by atoms with Crippen LogP contribution in [0.3, 0.4) is 0 Å². The molecule has 0 aliphatic rings. The van der Waals surface area contributed by atoms with E-state index in [9.17, 15) is 9.90 Å². The Bertz CT molecular complexity index is 718. The number of nitrogens with zero attached hydrogens (tertiary/aromatic N) is 1. The minimum absolute atomic E-state index is 0.0923. The maximum absolute atomic E-state index is 11.8. The van der Waals surface area contributed by atoms with Crippen LogP contribution in [-0.2, 0) is 14.4 Å². The van der Waals surface area contributed by atoms with Gasteiger partial charge in [-0.2, -0.15) is 0 Å². The van der Waals surface area contributed by atoms with Crippen molar-refractivity contribution in [3.05, 3.63) is 36.2 Å². The number of nitrogens with one attached hydrogen (secondary N) is 1. The number of anilines is 1. The predicted octanol–water partition coefficient (Wildman–Crippen LogP) is 2.48. The molecule has 6 N–H and O–H groups in total. The fourth-order valence-corrected chi connectivity index (χ4v) is 1.74. The predicted molar refractivity (Wildman–Crippen MR) is 116 cm³/mol. The molecule has 0 unspecified atom stereocenters. The molecular formula is C21H36N4O5. The first kappa shape index (κ1) is 25.5. The molecule has 1 aromatic carbocycles. The summed E-state index contributed by atoms with van der Waals surface area (Å²) >= 11 is 0. The minimum atomic E-state index is -1.02. The van der Waals surface area contributed by atoms with Gasteiger partial charge in [0.2, 0.25) is 0 Å². The fraction of sp³-hybridized carbons (Fsp3) is 0.571. The highest BCUT2D eigenvalue weighted by atomic mass is 16.7. The number of carbonyl (C=O) groups excluding carboxylic acids is 1. The average molecular weight is 425 g/mol. The molecule has 0 heterocycles. The molecule has 0 bridgehead atoms. The maximum Gasteiger partial charge on any atom is 0.312 e. The quantitative estimate of drug-likeness (QED) is 0.193. The molecule has 0 saturated carbocycles. The first-order valence-electron chi connectivity index (χ1n) is 9.67. The van der Waals surface area contributed by atoms with Gasteiger partial charge in [-0.3, -0.25) is 20.1 Å². The molecule has 9 heteroatoms. The molecular weight excluding hydrogens is 388 g/mol. The third kappa shape index (κ3) is 7.74. The summed E-state index contributed by atoms with van der Waals surface area (Å²) in [4.78, 5) is 17.5. The van der Waals surface area contributed by atoms with Crippen LogP contribution in [0.2, 0.25) is 0 Å². The van der Waals surface area contributed by atoms with Crippen LogP contribution in [0.15, 0.2) is 36.2 Å². The molecule has 170 valence electrons. The average Bonchev–Trinajstić information content (AvgIpc) is 2.64. The third-order valence-electron chi connectivity index (χ3n) is 4.65. The van der Waals surface area contributed by atoms with E-state index < -0.39 is 16.6 Å². The van der Waals surface area contributed by atoms with E-state index in [1.165, 1.54) is 11.2 Å². The van der Waals surface area contributed by atoms with Crippen molar-refractivity contribution in [1.29, 1.82) is 0 Å². The summed E-state index contributed by atoms with van der Waals surface area (Å²) in [7, 11) is 0. The molecule has 0 spiro atoms. The van der Waals surface area contributed by atoms with E-state index in [2.05, 4.69) is 5.48 Å². The molecule has 30 heavy (non-hydrogen) atoms. The molecule has 0 aliphatic carbocycles. The molecule has 0 radical (unpaired) electrons. The van der Waals surface area contributed by atoms with Crippen LogP contribution in [0.5, 0.6) is 5.75 Å². The van der Waals surface area contributed by atoms with Crippen molar-refractivity contribution in [3.63, 3.8) is 0 Å². The topological polar surface area (TPSA) is 132 Å². The normalized spacial score (nSPS) is 13.0. The van der Waals surface area contributed by atoms with Crippen LogP contribution in [0.25, 0.3) is 0 Å².